The second-order valence-corrected chi connectivity index (χ2v) is 7.26. The molecule has 0 radical (unpaired) electrons. The molecule has 0 aliphatic carbocycles. The number of nitrogens with zero attached hydrogens (tertiary/aromatic N) is 3. The fourth-order valence-corrected chi connectivity index (χ4v) is 3.61. The van der Waals surface area contributed by atoms with Gasteiger partial charge in [0.05, 0.1) is 5.69 Å². The van der Waals surface area contributed by atoms with Crippen LogP contribution < -0.4 is 15.1 Å². The summed E-state index contributed by atoms with van der Waals surface area (Å²) in [7, 11) is 0. The molecular formula is C21H19BrN4O. The van der Waals surface area contributed by atoms with Crippen LogP contribution in [0.1, 0.15) is 5.56 Å². The third kappa shape index (κ3) is 3.95. The SMILES string of the molecule is O=C(Nc1cccc(Br)c1)N1CCN(Cc2ccccc2)c2ncccc21. The molecule has 2 heterocycles. The summed E-state index contributed by atoms with van der Waals surface area (Å²) in [5, 5.41) is 2.97. The van der Waals surface area contributed by atoms with E-state index in [0.29, 0.717) is 6.54 Å². The van der Waals surface area contributed by atoms with E-state index in [9.17, 15) is 4.79 Å². The summed E-state index contributed by atoms with van der Waals surface area (Å²) < 4.78 is 0.926. The zero-order valence-corrected chi connectivity index (χ0v) is 16.3. The molecular weight excluding hydrogens is 404 g/mol. The lowest BCUT2D eigenvalue weighted by molar-refractivity contribution is 0.256. The van der Waals surface area contributed by atoms with E-state index in [-0.39, 0.29) is 6.03 Å². The molecule has 0 unspecified atom stereocenters. The van der Waals surface area contributed by atoms with Crippen molar-refractivity contribution in [2.75, 3.05) is 28.2 Å². The number of hydrogen-bond acceptors (Lipinski definition) is 3. The van der Waals surface area contributed by atoms with E-state index < -0.39 is 0 Å². The van der Waals surface area contributed by atoms with Crippen molar-refractivity contribution < 1.29 is 4.79 Å². The first-order chi connectivity index (χ1) is 13.2. The Bertz CT molecular complexity index is 948. The van der Waals surface area contributed by atoms with Gasteiger partial charge >= 0.3 is 6.03 Å². The molecule has 1 aliphatic heterocycles. The van der Waals surface area contributed by atoms with Gasteiger partial charge in [-0.3, -0.25) is 4.90 Å². The molecule has 4 rings (SSSR count). The molecule has 0 fully saturated rings. The van der Waals surface area contributed by atoms with Crippen molar-refractivity contribution in [3.63, 3.8) is 0 Å². The Balaban J connectivity index is 1.56. The quantitative estimate of drug-likeness (QED) is 0.652. The molecule has 5 nitrogen and oxygen atoms in total. The van der Waals surface area contributed by atoms with Crippen LogP contribution in [-0.2, 0) is 6.54 Å². The minimum Gasteiger partial charge on any atom is -0.349 e. The van der Waals surface area contributed by atoms with Gasteiger partial charge in [0.15, 0.2) is 5.82 Å². The summed E-state index contributed by atoms with van der Waals surface area (Å²) in [5.74, 6) is 0.831. The summed E-state index contributed by atoms with van der Waals surface area (Å²) >= 11 is 3.43. The number of aromatic nitrogens is 1. The van der Waals surface area contributed by atoms with E-state index in [1.165, 1.54) is 5.56 Å². The molecule has 136 valence electrons. The third-order valence-corrected chi connectivity index (χ3v) is 4.98. The van der Waals surface area contributed by atoms with E-state index in [1.54, 1.807) is 11.1 Å². The highest BCUT2D eigenvalue weighted by Crippen LogP contribution is 2.32. The van der Waals surface area contributed by atoms with Gasteiger partial charge in [0, 0.05) is 36.0 Å². The van der Waals surface area contributed by atoms with Crippen molar-refractivity contribution in [2.45, 2.75) is 6.54 Å². The molecule has 3 aromatic rings. The van der Waals surface area contributed by atoms with Crippen molar-refractivity contribution in [1.29, 1.82) is 0 Å². The van der Waals surface area contributed by atoms with Crippen LogP contribution in [0.2, 0.25) is 0 Å². The molecule has 0 saturated carbocycles. The molecule has 2 amide bonds. The first-order valence-electron chi connectivity index (χ1n) is 8.79. The molecule has 6 heteroatoms. The number of benzene rings is 2. The Kier molecular flexibility index (Phi) is 5.07. The molecule has 2 aromatic carbocycles. The highest BCUT2D eigenvalue weighted by molar-refractivity contribution is 9.10. The van der Waals surface area contributed by atoms with E-state index in [2.05, 4.69) is 43.3 Å². The summed E-state index contributed by atoms with van der Waals surface area (Å²) in [6.07, 6.45) is 1.77. The number of urea groups is 1. The van der Waals surface area contributed by atoms with Crippen LogP contribution in [0.5, 0.6) is 0 Å². The van der Waals surface area contributed by atoms with Gasteiger partial charge in [-0.25, -0.2) is 9.78 Å². The number of amides is 2. The molecule has 1 aliphatic rings. The molecule has 0 saturated heterocycles. The standard InChI is InChI=1S/C21H19BrN4O/c22-17-8-4-9-18(14-17)24-21(27)26-13-12-25(15-16-6-2-1-3-7-16)20-19(26)10-5-11-23-20/h1-11,14H,12-13,15H2,(H,24,27). The zero-order valence-electron chi connectivity index (χ0n) is 14.7. The van der Waals surface area contributed by atoms with Crippen molar-refractivity contribution in [1.82, 2.24) is 4.98 Å². The highest BCUT2D eigenvalue weighted by Gasteiger charge is 2.27. The van der Waals surface area contributed by atoms with Crippen LogP contribution in [0.15, 0.2) is 77.4 Å². The van der Waals surface area contributed by atoms with Gasteiger partial charge < -0.3 is 10.2 Å². The number of halogens is 1. The lowest BCUT2D eigenvalue weighted by Crippen LogP contribution is -2.46. The Morgan fingerprint density at radius 3 is 2.70 bits per heavy atom. The summed E-state index contributed by atoms with van der Waals surface area (Å²) in [5.41, 5.74) is 2.81. The summed E-state index contributed by atoms with van der Waals surface area (Å²) in [4.78, 5) is 21.4. The Hall–Kier alpha value is -2.86. The minimum absolute atomic E-state index is 0.151. The lowest BCUT2D eigenvalue weighted by atomic mass is 10.2. The van der Waals surface area contributed by atoms with E-state index >= 15 is 0 Å². The van der Waals surface area contributed by atoms with Crippen LogP contribution in [0.25, 0.3) is 0 Å². The fraction of sp³-hybridized carbons (Fsp3) is 0.143. The number of fused-ring (bicyclic) bond motifs is 1. The van der Waals surface area contributed by atoms with E-state index in [0.717, 1.165) is 34.8 Å². The number of nitrogens with one attached hydrogen (secondary N) is 1. The predicted molar refractivity (Wildman–Crippen MR) is 112 cm³/mol. The number of carbonyl (C=O) groups is 1. The second-order valence-electron chi connectivity index (χ2n) is 6.35. The topological polar surface area (TPSA) is 48.5 Å². The van der Waals surface area contributed by atoms with Crippen molar-refractivity contribution in [2.24, 2.45) is 0 Å². The average Bonchev–Trinajstić information content (AvgIpc) is 2.69. The number of carbonyl (C=O) groups excluding carboxylic acids is 1. The minimum atomic E-state index is -0.151. The average molecular weight is 423 g/mol. The Labute approximate surface area is 166 Å². The number of hydrogen-bond donors (Lipinski definition) is 1. The van der Waals surface area contributed by atoms with Gasteiger partial charge in [0.2, 0.25) is 0 Å². The maximum atomic E-state index is 12.9. The smallest absolute Gasteiger partial charge is 0.326 e. The van der Waals surface area contributed by atoms with Crippen LogP contribution in [0, 0.1) is 0 Å². The van der Waals surface area contributed by atoms with E-state index in [1.807, 2.05) is 54.6 Å². The lowest BCUT2D eigenvalue weighted by Gasteiger charge is -2.36. The molecule has 0 atom stereocenters. The second kappa shape index (κ2) is 7.80. The number of anilines is 3. The number of pyridine rings is 1. The van der Waals surface area contributed by atoms with Crippen LogP contribution in [-0.4, -0.2) is 24.1 Å². The van der Waals surface area contributed by atoms with Gasteiger partial charge in [-0.2, -0.15) is 0 Å². The predicted octanol–water partition coefficient (Wildman–Crippen LogP) is 4.90. The summed E-state index contributed by atoms with van der Waals surface area (Å²) in [6.45, 7) is 2.10. The van der Waals surface area contributed by atoms with Crippen LogP contribution in [0.3, 0.4) is 0 Å². The van der Waals surface area contributed by atoms with Gasteiger partial charge in [0.1, 0.15) is 0 Å². The first kappa shape index (κ1) is 17.5. The molecule has 0 bridgehead atoms. The van der Waals surface area contributed by atoms with Crippen molar-refractivity contribution in [3.05, 3.63) is 83.0 Å². The number of rotatable bonds is 3. The Morgan fingerprint density at radius 1 is 1.04 bits per heavy atom. The van der Waals surface area contributed by atoms with Crippen molar-refractivity contribution >= 4 is 39.2 Å². The van der Waals surface area contributed by atoms with Gasteiger partial charge in [-0.05, 0) is 35.9 Å². The first-order valence-corrected chi connectivity index (χ1v) is 9.58. The largest absolute Gasteiger partial charge is 0.349 e. The normalized spacial score (nSPS) is 13.2. The fourth-order valence-electron chi connectivity index (χ4n) is 3.22. The van der Waals surface area contributed by atoms with Gasteiger partial charge in [-0.1, -0.05) is 52.3 Å². The summed E-state index contributed by atoms with van der Waals surface area (Å²) in [6, 6.07) is 21.5. The zero-order chi connectivity index (χ0) is 18.6. The third-order valence-electron chi connectivity index (χ3n) is 4.49. The monoisotopic (exact) mass is 422 g/mol. The van der Waals surface area contributed by atoms with Gasteiger partial charge in [-0.15, -0.1) is 0 Å². The van der Waals surface area contributed by atoms with Gasteiger partial charge in [0.25, 0.3) is 0 Å². The highest BCUT2D eigenvalue weighted by atomic mass is 79.9. The molecule has 0 spiro atoms. The van der Waals surface area contributed by atoms with Crippen LogP contribution in [0.4, 0.5) is 22.0 Å². The van der Waals surface area contributed by atoms with Crippen LogP contribution >= 0.6 is 15.9 Å². The van der Waals surface area contributed by atoms with E-state index in [4.69, 9.17) is 0 Å². The maximum absolute atomic E-state index is 12.9. The molecule has 1 N–H and O–H groups in total. The molecule has 27 heavy (non-hydrogen) atoms. The maximum Gasteiger partial charge on any atom is 0.326 e. The van der Waals surface area contributed by atoms with Crippen molar-refractivity contribution in [3.8, 4) is 0 Å². The molecule has 1 aromatic heterocycles. The Morgan fingerprint density at radius 2 is 1.89 bits per heavy atom.